The minimum Gasteiger partial charge on any atom is -0.396 e. The van der Waals surface area contributed by atoms with Gasteiger partial charge in [0.25, 0.3) is 0 Å². The van der Waals surface area contributed by atoms with Gasteiger partial charge in [-0.05, 0) is 32.7 Å². The Hall–Kier alpha value is -0.610. The van der Waals surface area contributed by atoms with E-state index in [-0.39, 0.29) is 12.5 Å². The molecule has 0 saturated carbocycles. The maximum absolute atomic E-state index is 10.9. The van der Waals surface area contributed by atoms with Crippen LogP contribution in [0.5, 0.6) is 0 Å². The third-order valence-electron chi connectivity index (χ3n) is 2.15. The molecule has 0 spiro atoms. The molecule has 0 heterocycles. The van der Waals surface area contributed by atoms with E-state index in [0.717, 1.165) is 25.8 Å². The van der Waals surface area contributed by atoms with Gasteiger partial charge in [-0.25, -0.2) is 0 Å². The predicted octanol–water partition coefficient (Wildman–Crippen LogP) is 0.263. The molecular weight excluding hydrogens is 180 g/mol. The summed E-state index contributed by atoms with van der Waals surface area (Å²) in [6, 6.07) is 0.423. The first kappa shape index (κ1) is 13.4. The van der Waals surface area contributed by atoms with Crippen molar-refractivity contribution >= 4 is 5.91 Å². The van der Waals surface area contributed by atoms with Gasteiger partial charge in [-0.2, -0.15) is 0 Å². The number of rotatable bonds is 8. The van der Waals surface area contributed by atoms with Crippen LogP contribution < -0.4 is 10.6 Å². The third-order valence-corrected chi connectivity index (χ3v) is 2.15. The summed E-state index contributed by atoms with van der Waals surface area (Å²) in [5.41, 5.74) is 0. The zero-order chi connectivity index (χ0) is 10.8. The summed E-state index contributed by atoms with van der Waals surface area (Å²) in [7, 11) is 1.65. The fourth-order valence-corrected chi connectivity index (χ4v) is 1.22. The van der Waals surface area contributed by atoms with Crippen molar-refractivity contribution in [1.82, 2.24) is 10.6 Å². The van der Waals surface area contributed by atoms with Crippen LogP contribution in [-0.2, 0) is 4.79 Å². The van der Waals surface area contributed by atoms with E-state index in [9.17, 15) is 4.79 Å². The van der Waals surface area contributed by atoms with Gasteiger partial charge in [0.15, 0.2) is 0 Å². The number of carbonyl (C=O) groups excluding carboxylic acids is 1. The largest absolute Gasteiger partial charge is 0.396 e. The number of carbonyl (C=O) groups is 1. The standard InChI is InChI=1S/C10H22N2O2/c1-9(5-4-8-13)12-7-3-6-10(14)11-2/h9,12-13H,3-8H2,1-2H3,(H,11,14). The van der Waals surface area contributed by atoms with Crippen LogP contribution in [0, 0.1) is 0 Å². The van der Waals surface area contributed by atoms with E-state index in [1.54, 1.807) is 7.05 Å². The van der Waals surface area contributed by atoms with Crippen molar-refractivity contribution in [1.29, 1.82) is 0 Å². The molecule has 0 aromatic carbocycles. The maximum Gasteiger partial charge on any atom is 0.219 e. The van der Waals surface area contributed by atoms with E-state index in [4.69, 9.17) is 5.11 Å². The van der Waals surface area contributed by atoms with Crippen LogP contribution in [0.15, 0.2) is 0 Å². The zero-order valence-corrected chi connectivity index (χ0v) is 9.18. The molecule has 4 heteroatoms. The fraction of sp³-hybridized carbons (Fsp3) is 0.900. The molecule has 1 unspecified atom stereocenters. The van der Waals surface area contributed by atoms with Crippen LogP contribution in [-0.4, -0.2) is 37.3 Å². The van der Waals surface area contributed by atoms with E-state index < -0.39 is 0 Å². The van der Waals surface area contributed by atoms with Gasteiger partial charge in [-0.3, -0.25) is 4.79 Å². The highest BCUT2D eigenvalue weighted by Crippen LogP contribution is 1.95. The van der Waals surface area contributed by atoms with Gasteiger partial charge >= 0.3 is 0 Å². The fourth-order valence-electron chi connectivity index (χ4n) is 1.22. The Morgan fingerprint density at radius 1 is 1.43 bits per heavy atom. The lowest BCUT2D eigenvalue weighted by atomic mass is 10.2. The van der Waals surface area contributed by atoms with Crippen molar-refractivity contribution in [2.45, 2.75) is 38.6 Å². The molecule has 1 atom stereocenters. The molecule has 0 saturated heterocycles. The molecule has 0 aliphatic carbocycles. The number of aliphatic hydroxyl groups is 1. The van der Waals surface area contributed by atoms with Crippen molar-refractivity contribution in [2.24, 2.45) is 0 Å². The number of aliphatic hydroxyl groups excluding tert-OH is 1. The van der Waals surface area contributed by atoms with Gasteiger partial charge in [0, 0.05) is 26.1 Å². The molecule has 0 fully saturated rings. The Labute approximate surface area is 86.1 Å². The van der Waals surface area contributed by atoms with E-state index in [1.807, 2.05) is 0 Å². The van der Waals surface area contributed by atoms with E-state index in [0.29, 0.717) is 12.5 Å². The molecule has 4 nitrogen and oxygen atoms in total. The van der Waals surface area contributed by atoms with E-state index in [2.05, 4.69) is 17.6 Å². The molecule has 0 aromatic heterocycles. The van der Waals surface area contributed by atoms with Crippen molar-refractivity contribution in [3.8, 4) is 0 Å². The Bertz CT molecular complexity index is 151. The van der Waals surface area contributed by atoms with Gasteiger partial charge in [0.2, 0.25) is 5.91 Å². The SMILES string of the molecule is CNC(=O)CCCNC(C)CCCO. The molecule has 0 radical (unpaired) electrons. The summed E-state index contributed by atoms with van der Waals surface area (Å²) >= 11 is 0. The van der Waals surface area contributed by atoms with Crippen molar-refractivity contribution in [2.75, 3.05) is 20.2 Å². The smallest absolute Gasteiger partial charge is 0.219 e. The first-order valence-corrected chi connectivity index (χ1v) is 5.25. The normalized spacial score (nSPS) is 12.5. The molecule has 0 bridgehead atoms. The highest BCUT2D eigenvalue weighted by Gasteiger charge is 2.01. The van der Waals surface area contributed by atoms with Gasteiger partial charge < -0.3 is 15.7 Å². The lowest BCUT2D eigenvalue weighted by Crippen LogP contribution is -2.28. The number of amides is 1. The van der Waals surface area contributed by atoms with Gasteiger partial charge in [0.05, 0.1) is 0 Å². The minimum atomic E-state index is 0.0924. The second kappa shape index (κ2) is 8.97. The van der Waals surface area contributed by atoms with Crippen LogP contribution in [0.2, 0.25) is 0 Å². The lowest BCUT2D eigenvalue weighted by molar-refractivity contribution is -0.120. The summed E-state index contributed by atoms with van der Waals surface area (Å²) in [6.07, 6.45) is 3.26. The average molecular weight is 202 g/mol. The molecule has 0 rings (SSSR count). The molecule has 0 aliphatic heterocycles. The van der Waals surface area contributed by atoms with Crippen molar-refractivity contribution in [3.63, 3.8) is 0 Å². The molecule has 1 amide bonds. The van der Waals surface area contributed by atoms with Gasteiger partial charge in [-0.1, -0.05) is 0 Å². The molecule has 3 N–H and O–H groups in total. The van der Waals surface area contributed by atoms with Crippen LogP contribution in [0.4, 0.5) is 0 Å². The van der Waals surface area contributed by atoms with Gasteiger partial charge in [0.1, 0.15) is 0 Å². The van der Waals surface area contributed by atoms with Crippen LogP contribution >= 0.6 is 0 Å². The van der Waals surface area contributed by atoms with E-state index in [1.165, 1.54) is 0 Å². The first-order valence-electron chi connectivity index (χ1n) is 5.25. The summed E-state index contributed by atoms with van der Waals surface area (Å²) in [4.78, 5) is 10.9. The van der Waals surface area contributed by atoms with Crippen LogP contribution in [0.25, 0.3) is 0 Å². The second-order valence-corrected chi connectivity index (χ2v) is 3.50. The average Bonchev–Trinajstić information content (AvgIpc) is 2.21. The van der Waals surface area contributed by atoms with Crippen molar-refractivity contribution in [3.05, 3.63) is 0 Å². The first-order chi connectivity index (χ1) is 6.70. The molecule has 14 heavy (non-hydrogen) atoms. The lowest BCUT2D eigenvalue weighted by Gasteiger charge is -2.12. The number of nitrogens with one attached hydrogen (secondary N) is 2. The summed E-state index contributed by atoms with van der Waals surface area (Å²) in [5, 5.41) is 14.5. The highest BCUT2D eigenvalue weighted by atomic mass is 16.2. The third kappa shape index (κ3) is 8.01. The molecular formula is C10H22N2O2. The summed E-state index contributed by atoms with van der Waals surface area (Å²) in [5.74, 6) is 0.0924. The number of hydrogen-bond acceptors (Lipinski definition) is 3. The second-order valence-electron chi connectivity index (χ2n) is 3.50. The Balaban J connectivity index is 3.22. The highest BCUT2D eigenvalue weighted by molar-refractivity contribution is 5.75. The van der Waals surface area contributed by atoms with Crippen molar-refractivity contribution < 1.29 is 9.90 Å². The Morgan fingerprint density at radius 3 is 2.71 bits per heavy atom. The molecule has 84 valence electrons. The Morgan fingerprint density at radius 2 is 2.14 bits per heavy atom. The summed E-state index contributed by atoms with van der Waals surface area (Å²) < 4.78 is 0. The minimum absolute atomic E-state index is 0.0924. The Kier molecular flexibility index (Phi) is 8.57. The number of hydrogen-bond donors (Lipinski definition) is 3. The van der Waals surface area contributed by atoms with Crippen LogP contribution in [0.3, 0.4) is 0 Å². The van der Waals surface area contributed by atoms with Gasteiger partial charge in [-0.15, -0.1) is 0 Å². The molecule has 0 aromatic rings. The topological polar surface area (TPSA) is 61.4 Å². The monoisotopic (exact) mass is 202 g/mol. The molecule has 0 aliphatic rings. The quantitative estimate of drug-likeness (QED) is 0.495. The maximum atomic E-state index is 10.9. The summed E-state index contributed by atoms with van der Waals surface area (Å²) in [6.45, 7) is 3.21. The predicted molar refractivity (Wildman–Crippen MR) is 57.1 cm³/mol. The van der Waals surface area contributed by atoms with E-state index >= 15 is 0 Å². The van der Waals surface area contributed by atoms with Crippen LogP contribution in [0.1, 0.15) is 32.6 Å². The zero-order valence-electron chi connectivity index (χ0n) is 9.18.